The van der Waals surface area contributed by atoms with Crippen molar-refractivity contribution in [1.29, 1.82) is 0 Å². The van der Waals surface area contributed by atoms with Crippen LogP contribution < -0.4 is 37.6 Å². The second-order valence-electron chi connectivity index (χ2n) is 17.2. The highest BCUT2D eigenvalue weighted by Gasteiger charge is 2.40. The average Bonchev–Trinajstić information content (AvgIpc) is 3.69. The fraction of sp³-hybridized carbons (Fsp3) is 0.556. The Morgan fingerprint density at radius 1 is 0.828 bits per heavy atom. The highest BCUT2D eigenvalue weighted by Crippen LogP contribution is 2.48. The van der Waals surface area contributed by atoms with Gasteiger partial charge in [-0.25, -0.2) is 0 Å². The molecule has 1 spiro atoms. The molecule has 0 bridgehead atoms. The van der Waals surface area contributed by atoms with E-state index in [0.29, 0.717) is 32.2 Å². The van der Waals surface area contributed by atoms with Crippen LogP contribution in [0.5, 0.6) is 0 Å². The first-order valence-electron chi connectivity index (χ1n) is 22.0. The van der Waals surface area contributed by atoms with E-state index >= 15 is 0 Å². The smallest absolute Gasteiger partial charge is 0.245 e. The molecule has 2 heterocycles. The quantitative estimate of drug-likeness (QED) is 0.0854. The normalized spacial score (nSPS) is 23.8. The molecular weight excluding hydrogens is 861 g/mol. The predicted molar refractivity (Wildman–Crippen MR) is 248 cm³/mol. The van der Waals surface area contributed by atoms with Crippen molar-refractivity contribution < 1.29 is 44.1 Å². The number of nitrogens with one attached hydrogen (secondary N) is 7. The Kier molecular flexibility index (Phi) is 18.9. The summed E-state index contributed by atoms with van der Waals surface area (Å²) >= 11 is 0. The van der Waals surface area contributed by atoms with Crippen LogP contribution in [-0.4, -0.2) is 128 Å². The van der Waals surface area contributed by atoms with Gasteiger partial charge >= 0.3 is 0 Å². The molecule has 64 heavy (non-hydrogen) atoms. The largest absolute Gasteiger partial charge is 0.394 e. The van der Waals surface area contributed by atoms with Gasteiger partial charge in [0.05, 0.1) is 24.9 Å². The maximum atomic E-state index is 14.6. The third-order valence-corrected chi connectivity index (χ3v) is 15.1. The van der Waals surface area contributed by atoms with Crippen molar-refractivity contribution in [3.63, 3.8) is 0 Å². The number of amides is 6. The first-order valence-corrected chi connectivity index (χ1v) is 24.3. The van der Waals surface area contributed by atoms with E-state index in [-0.39, 0.29) is 37.3 Å². The molecule has 6 amide bonds. The van der Waals surface area contributed by atoms with Crippen LogP contribution in [-0.2, 0) is 41.6 Å². The number of hydrogen-bond acceptors (Lipinski definition) is 12. The minimum absolute atomic E-state index is 0.00939. The maximum absolute atomic E-state index is 14.6. The van der Waals surface area contributed by atoms with Crippen LogP contribution in [0.15, 0.2) is 60.8 Å². The standard InChI is InChI=1S/C45H64N8O9S2/c1-28(56)38-43(62)51-36(42(61)53-44(2,26-54)27-55)25-63-64-45(18-10-4-11-19-45)23-37(57)48-34(21-29-13-5-3-6-14-29)40(59)50-35(22-30-24-47-32-16-8-7-15-31(30)32)41(60)49-33(39(58)52-38)17-9-12-20-46/h3,5-8,13-16,24,28,33-36,38,47,54-56H,4,9-12,17-23,25-27,46H2,1-2H3,(H,48,57)(H,49,60)(H,50,59)(H,51,62)(H,52,58)(H,53,61)/t28-,33+,34+,35?,36?,38+/m0/s1. The van der Waals surface area contributed by atoms with Gasteiger partial charge in [0.1, 0.15) is 30.2 Å². The maximum Gasteiger partial charge on any atom is 0.245 e. The molecule has 17 nitrogen and oxygen atoms in total. The summed E-state index contributed by atoms with van der Waals surface area (Å²) in [6.07, 6.45) is 5.44. The van der Waals surface area contributed by atoms with E-state index < -0.39 is 89.3 Å². The zero-order chi connectivity index (χ0) is 46.3. The van der Waals surface area contributed by atoms with Gasteiger partial charge in [-0.3, -0.25) is 28.8 Å². The molecule has 2 aliphatic rings. The fourth-order valence-corrected chi connectivity index (χ4v) is 11.3. The SMILES string of the molecule is C[C@H](O)[C@H]1NC(=O)[C@@H](CCCCN)NC(=O)C(Cc2c[nH]c3ccccc23)NC(=O)[C@@H](Cc2ccccc2)NC(=O)CC2(CCCCC2)SSCC(C(=O)NC(C)(CO)CO)NC1=O. The Hall–Kier alpha value is -4.66. The number of aromatic amines is 1. The van der Waals surface area contributed by atoms with Gasteiger partial charge in [-0.15, -0.1) is 0 Å². The van der Waals surface area contributed by atoms with E-state index in [0.717, 1.165) is 41.3 Å². The molecule has 6 atom stereocenters. The lowest BCUT2D eigenvalue weighted by atomic mass is 9.85. The Morgan fingerprint density at radius 3 is 2.14 bits per heavy atom. The molecule has 2 aromatic carbocycles. The van der Waals surface area contributed by atoms with Crippen LogP contribution >= 0.6 is 21.6 Å². The van der Waals surface area contributed by atoms with E-state index in [9.17, 15) is 44.1 Å². The van der Waals surface area contributed by atoms with Crippen molar-refractivity contribution in [2.45, 2.75) is 131 Å². The number of rotatable bonds is 13. The topological polar surface area (TPSA) is 277 Å². The second-order valence-corrected chi connectivity index (χ2v) is 20.0. The molecule has 1 aliphatic heterocycles. The highest BCUT2D eigenvalue weighted by molar-refractivity contribution is 8.77. The van der Waals surface area contributed by atoms with Crippen LogP contribution in [0.4, 0.5) is 0 Å². The summed E-state index contributed by atoms with van der Waals surface area (Å²) in [7, 11) is 2.68. The molecule has 1 saturated heterocycles. The summed E-state index contributed by atoms with van der Waals surface area (Å²) in [5.41, 5.74) is 6.66. The van der Waals surface area contributed by atoms with Crippen LogP contribution in [0.25, 0.3) is 10.9 Å². The number of hydrogen-bond donors (Lipinski definition) is 11. The van der Waals surface area contributed by atoms with Gasteiger partial charge in [0.15, 0.2) is 0 Å². The summed E-state index contributed by atoms with van der Waals surface area (Å²) in [4.78, 5) is 88.5. The molecule has 12 N–H and O–H groups in total. The van der Waals surface area contributed by atoms with E-state index in [1.54, 1.807) is 6.20 Å². The molecular formula is C45H64N8O9S2. The van der Waals surface area contributed by atoms with E-state index in [2.05, 4.69) is 36.9 Å². The van der Waals surface area contributed by atoms with Gasteiger partial charge in [0.25, 0.3) is 0 Å². The number of fused-ring (bicyclic) bond motifs is 1. The lowest BCUT2D eigenvalue weighted by Gasteiger charge is -2.36. The number of carbonyl (C=O) groups excluding carboxylic acids is 6. The van der Waals surface area contributed by atoms with Crippen molar-refractivity contribution in [3.8, 4) is 0 Å². The van der Waals surface area contributed by atoms with E-state index in [1.807, 2.05) is 54.6 Å². The van der Waals surface area contributed by atoms with Gasteiger partial charge in [0, 0.05) is 46.9 Å². The highest BCUT2D eigenvalue weighted by atomic mass is 33.1. The Bertz CT molecular complexity index is 2040. The second kappa shape index (κ2) is 24.0. The molecule has 350 valence electrons. The average molecular weight is 925 g/mol. The van der Waals surface area contributed by atoms with Gasteiger partial charge in [-0.1, -0.05) is 89.4 Å². The molecule has 2 unspecified atom stereocenters. The van der Waals surface area contributed by atoms with Crippen LogP contribution in [0.2, 0.25) is 0 Å². The van der Waals surface area contributed by atoms with Gasteiger partial charge < -0.3 is 57.9 Å². The van der Waals surface area contributed by atoms with Crippen molar-refractivity contribution >= 4 is 67.9 Å². The molecule has 5 rings (SSSR count). The summed E-state index contributed by atoms with van der Waals surface area (Å²) in [6, 6.07) is 10.2. The number of nitrogens with two attached hydrogens (primary N) is 1. The van der Waals surface area contributed by atoms with Crippen LogP contribution in [0.3, 0.4) is 0 Å². The van der Waals surface area contributed by atoms with Crippen LogP contribution in [0.1, 0.15) is 82.8 Å². The number of carbonyl (C=O) groups is 6. The number of aliphatic hydroxyl groups excluding tert-OH is 3. The summed E-state index contributed by atoms with van der Waals surface area (Å²) in [6.45, 7) is 1.83. The van der Waals surface area contributed by atoms with Crippen LogP contribution in [0, 0.1) is 0 Å². The molecule has 19 heteroatoms. The third kappa shape index (κ3) is 14.2. The number of aromatic nitrogens is 1. The number of aliphatic hydroxyl groups is 3. The molecule has 3 aromatic rings. The Morgan fingerprint density at radius 2 is 1.47 bits per heavy atom. The number of H-pyrrole nitrogens is 1. The Labute approximate surface area is 381 Å². The minimum atomic E-state index is -1.59. The van der Waals surface area contributed by atoms with Crippen molar-refractivity contribution in [2.75, 3.05) is 25.5 Å². The zero-order valence-electron chi connectivity index (χ0n) is 36.5. The van der Waals surface area contributed by atoms with Crippen molar-refractivity contribution in [1.82, 2.24) is 36.9 Å². The monoisotopic (exact) mass is 924 g/mol. The molecule has 1 saturated carbocycles. The summed E-state index contributed by atoms with van der Waals surface area (Å²) < 4.78 is -0.607. The van der Waals surface area contributed by atoms with Crippen molar-refractivity contribution in [2.24, 2.45) is 5.73 Å². The zero-order valence-corrected chi connectivity index (χ0v) is 38.2. The van der Waals surface area contributed by atoms with Crippen molar-refractivity contribution in [3.05, 3.63) is 71.9 Å². The minimum Gasteiger partial charge on any atom is -0.394 e. The third-order valence-electron chi connectivity index (χ3n) is 11.8. The lowest BCUT2D eigenvalue weighted by Crippen LogP contribution is -2.63. The molecule has 2 fully saturated rings. The summed E-state index contributed by atoms with van der Waals surface area (Å²) in [5, 5.41) is 48.2. The number of para-hydroxylation sites is 1. The molecule has 1 aromatic heterocycles. The summed E-state index contributed by atoms with van der Waals surface area (Å²) in [5.74, 6) is -4.15. The van der Waals surface area contributed by atoms with Gasteiger partial charge in [-0.05, 0) is 69.7 Å². The predicted octanol–water partition coefficient (Wildman–Crippen LogP) is 1.23. The first kappa shape index (κ1) is 50.3. The number of unbranched alkanes of at least 4 members (excludes halogenated alkanes) is 1. The van der Waals surface area contributed by atoms with E-state index in [1.165, 1.54) is 35.4 Å². The number of benzene rings is 2. The molecule has 0 radical (unpaired) electrons. The fourth-order valence-electron chi connectivity index (χ4n) is 7.96. The molecule has 1 aliphatic carbocycles. The van der Waals surface area contributed by atoms with E-state index in [4.69, 9.17) is 5.73 Å². The van der Waals surface area contributed by atoms with Gasteiger partial charge in [0.2, 0.25) is 35.4 Å². The first-order chi connectivity index (χ1) is 30.7. The Balaban J connectivity index is 1.55. The van der Waals surface area contributed by atoms with Gasteiger partial charge in [-0.2, -0.15) is 0 Å². The lowest BCUT2D eigenvalue weighted by molar-refractivity contribution is -0.136.